The van der Waals surface area contributed by atoms with Crippen LogP contribution in [0, 0.1) is 8.99 Å². The van der Waals surface area contributed by atoms with Gasteiger partial charge in [0.25, 0.3) is 5.91 Å². The Labute approximate surface area is 248 Å². The maximum absolute atomic E-state index is 13.8. The van der Waals surface area contributed by atoms with Gasteiger partial charge in [-0.25, -0.2) is 4.98 Å². The van der Waals surface area contributed by atoms with Crippen molar-refractivity contribution in [3.8, 4) is 11.5 Å². The molecule has 1 amide bonds. The van der Waals surface area contributed by atoms with Crippen LogP contribution < -0.4 is 20.1 Å². The molecule has 0 bridgehead atoms. The quantitative estimate of drug-likeness (QED) is 0.284. The minimum atomic E-state index is -0.550. The first-order valence-corrected chi connectivity index (χ1v) is 14.2. The summed E-state index contributed by atoms with van der Waals surface area (Å²) in [6.07, 6.45) is 2.76. The van der Waals surface area contributed by atoms with Crippen LogP contribution >= 0.6 is 22.6 Å². The Balaban J connectivity index is 1.57. The average molecular weight is 650 g/mol. The van der Waals surface area contributed by atoms with Crippen LogP contribution in [0.25, 0.3) is 0 Å². The first kappa shape index (κ1) is 27.9. The Morgan fingerprint density at radius 2 is 1.90 bits per heavy atom. The number of aromatic nitrogens is 1. The van der Waals surface area contributed by atoms with Crippen LogP contribution in [-0.2, 0) is 16.2 Å². The summed E-state index contributed by atoms with van der Waals surface area (Å²) in [5.41, 5.74) is 4.21. The summed E-state index contributed by atoms with van der Waals surface area (Å²) < 4.78 is 12.9. The lowest BCUT2D eigenvalue weighted by molar-refractivity contribution is -0.118. The van der Waals surface area contributed by atoms with Crippen LogP contribution in [-0.4, -0.2) is 23.8 Å². The van der Waals surface area contributed by atoms with Gasteiger partial charge in [-0.2, -0.15) is 0 Å². The van der Waals surface area contributed by atoms with Gasteiger partial charge in [0.05, 0.1) is 7.11 Å². The lowest BCUT2D eigenvalue weighted by Gasteiger charge is -2.39. The molecule has 0 radical (unpaired) electrons. The highest BCUT2D eigenvalue weighted by Gasteiger charge is 2.42. The standard InChI is InChI=1S/C32H32IN3O4/c1-19-28(31(38)36-27-7-5-6-14-34-27)29(30-24(35-19)16-32(2,3)17-25(30)37)20-8-13-26(39-4)21(15-20)18-40-23-11-9-22(33)10-12-23/h5-15,29,35H,16-18H2,1-4H3,(H,34,36,38). The molecule has 2 N–H and O–H groups in total. The number of ketones is 1. The van der Waals surface area contributed by atoms with Gasteiger partial charge in [0.1, 0.15) is 23.9 Å². The summed E-state index contributed by atoms with van der Waals surface area (Å²) in [5.74, 6) is 1.07. The normalized spacial score (nSPS) is 18.1. The lowest BCUT2D eigenvalue weighted by Crippen LogP contribution is -2.39. The number of dihydropyridines is 1. The van der Waals surface area contributed by atoms with Gasteiger partial charge in [0.2, 0.25) is 0 Å². The predicted octanol–water partition coefficient (Wildman–Crippen LogP) is 6.52. The number of nitrogens with one attached hydrogen (secondary N) is 2. The summed E-state index contributed by atoms with van der Waals surface area (Å²) in [4.78, 5) is 31.7. The third-order valence-electron chi connectivity index (χ3n) is 7.24. The zero-order valence-electron chi connectivity index (χ0n) is 23.0. The van der Waals surface area contributed by atoms with Crippen molar-refractivity contribution in [3.05, 3.63) is 104 Å². The molecule has 1 unspecified atom stereocenters. The van der Waals surface area contributed by atoms with E-state index in [4.69, 9.17) is 9.47 Å². The first-order chi connectivity index (χ1) is 19.1. The number of nitrogens with zero attached hydrogens (tertiary/aromatic N) is 1. The SMILES string of the molecule is COc1ccc(C2C(C(=O)Nc3ccccn3)=C(C)NC3=C2C(=O)CC(C)(C)C3)cc1COc1ccc(I)cc1. The lowest BCUT2D eigenvalue weighted by atomic mass is 9.68. The maximum Gasteiger partial charge on any atom is 0.255 e. The molecule has 1 atom stereocenters. The summed E-state index contributed by atoms with van der Waals surface area (Å²) in [6, 6.07) is 19.0. The van der Waals surface area contributed by atoms with Crippen molar-refractivity contribution in [1.29, 1.82) is 0 Å². The Bertz CT molecular complexity index is 1510. The topological polar surface area (TPSA) is 89.5 Å². The zero-order chi connectivity index (χ0) is 28.4. The molecule has 40 heavy (non-hydrogen) atoms. The van der Waals surface area contributed by atoms with E-state index >= 15 is 0 Å². The van der Waals surface area contributed by atoms with Crippen LogP contribution in [0.2, 0.25) is 0 Å². The second-order valence-electron chi connectivity index (χ2n) is 10.9. The second-order valence-corrected chi connectivity index (χ2v) is 12.2. The number of halogens is 1. The average Bonchev–Trinajstić information content (AvgIpc) is 2.91. The number of methoxy groups -OCH3 is 1. The van der Waals surface area contributed by atoms with E-state index in [2.05, 4.69) is 52.1 Å². The molecule has 1 aliphatic heterocycles. The zero-order valence-corrected chi connectivity index (χ0v) is 25.2. The fraction of sp³-hybridized carbons (Fsp3) is 0.281. The second kappa shape index (κ2) is 11.4. The molecule has 0 fully saturated rings. The monoisotopic (exact) mass is 649 g/mol. The molecule has 1 aliphatic carbocycles. The van der Waals surface area contributed by atoms with E-state index < -0.39 is 5.92 Å². The summed E-state index contributed by atoms with van der Waals surface area (Å²) in [7, 11) is 1.62. The van der Waals surface area contributed by atoms with E-state index in [1.807, 2.05) is 55.5 Å². The van der Waals surface area contributed by atoms with Crippen molar-refractivity contribution in [1.82, 2.24) is 10.3 Å². The highest BCUT2D eigenvalue weighted by atomic mass is 127. The fourth-order valence-corrected chi connectivity index (χ4v) is 5.83. The highest BCUT2D eigenvalue weighted by molar-refractivity contribution is 14.1. The van der Waals surface area contributed by atoms with E-state index in [0.29, 0.717) is 29.1 Å². The van der Waals surface area contributed by atoms with E-state index in [-0.39, 0.29) is 23.7 Å². The summed E-state index contributed by atoms with van der Waals surface area (Å²) >= 11 is 2.26. The molecule has 2 aromatic carbocycles. The van der Waals surface area contributed by atoms with E-state index in [1.165, 1.54) is 0 Å². The Morgan fingerprint density at radius 1 is 1.12 bits per heavy atom. The number of carbonyl (C=O) groups is 2. The Hall–Kier alpha value is -3.66. The predicted molar refractivity (Wildman–Crippen MR) is 163 cm³/mol. The van der Waals surface area contributed by atoms with Gasteiger partial charge < -0.3 is 20.1 Å². The van der Waals surface area contributed by atoms with E-state index in [9.17, 15) is 9.59 Å². The van der Waals surface area contributed by atoms with Crippen LogP contribution in [0.5, 0.6) is 11.5 Å². The number of Topliss-reactive ketones (excluding diaryl/α,β-unsaturated/α-hetero) is 1. The number of anilines is 1. The number of ether oxygens (including phenoxy) is 2. The number of carbonyl (C=O) groups excluding carboxylic acids is 2. The number of hydrogen-bond acceptors (Lipinski definition) is 6. The number of allylic oxidation sites excluding steroid dienone is 3. The largest absolute Gasteiger partial charge is 0.496 e. The molecule has 2 aliphatic rings. The molecular weight excluding hydrogens is 617 g/mol. The van der Waals surface area contributed by atoms with E-state index in [1.54, 1.807) is 25.4 Å². The number of benzene rings is 2. The van der Waals surface area contributed by atoms with Gasteiger partial charge >= 0.3 is 0 Å². The van der Waals surface area contributed by atoms with Crippen molar-refractivity contribution in [2.75, 3.05) is 12.4 Å². The van der Waals surface area contributed by atoms with Crippen molar-refractivity contribution in [2.45, 2.75) is 46.1 Å². The van der Waals surface area contributed by atoms with Crippen LogP contribution in [0.4, 0.5) is 5.82 Å². The van der Waals surface area contributed by atoms with Gasteiger partial charge in [-0.05, 0) is 95.4 Å². The molecule has 8 heteroatoms. The third kappa shape index (κ3) is 5.91. The minimum Gasteiger partial charge on any atom is -0.496 e. The number of pyridine rings is 1. The molecule has 0 saturated heterocycles. The van der Waals surface area contributed by atoms with Crippen LogP contribution in [0.15, 0.2) is 89.4 Å². The smallest absolute Gasteiger partial charge is 0.255 e. The summed E-state index contributed by atoms with van der Waals surface area (Å²) in [5, 5.41) is 6.34. The molecule has 7 nitrogen and oxygen atoms in total. The molecule has 206 valence electrons. The van der Waals surface area contributed by atoms with Crippen molar-refractivity contribution < 1.29 is 19.1 Å². The van der Waals surface area contributed by atoms with Gasteiger partial charge in [-0.1, -0.05) is 26.0 Å². The number of amides is 1. The molecule has 5 rings (SSSR count). The highest BCUT2D eigenvalue weighted by Crippen LogP contribution is 2.47. The van der Waals surface area contributed by atoms with Crippen LogP contribution in [0.3, 0.4) is 0 Å². The van der Waals surface area contributed by atoms with Crippen LogP contribution in [0.1, 0.15) is 50.7 Å². The van der Waals surface area contributed by atoms with E-state index in [0.717, 1.165) is 38.3 Å². The van der Waals surface area contributed by atoms with Crippen molar-refractivity contribution in [2.24, 2.45) is 5.41 Å². The van der Waals surface area contributed by atoms with Crippen molar-refractivity contribution >= 4 is 40.1 Å². The molecule has 0 saturated carbocycles. The fourth-order valence-electron chi connectivity index (χ4n) is 5.47. The Morgan fingerprint density at radius 3 is 2.60 bits per heavy atom. The van der Waals surface area contributed by atoms with Gasteiger partial charge in [0.15, 0.2) is 5.78 Å². The maximum atomic E-state index is 13.8. The third-order valence-corrected chi connectivity index (χ3v) is 7.96. The van der Waals surface area contributed by atoms with Gasteiger partial charge in [0, 0.05) is 50.2 Å². The number of hydrogen-bond donors (Lipinski definition) is 2. The molecule has 2 heterocycles. The number of rotatable bonds is 7. The summed E-state index contributed by atoms with van der Waals surface area (Å²) in [6.45, 7) is 6.36. The van der Waals surface area contributed by atoms with Gasteiger partial charge in [-0.15, -0.1) is 0 Å². The van der Waals surface area contributed by atoms with Crippen molar-refractivity contribution in [3.63, 3.8) is 0 Å². The molecule has 3 aromatic rings. The molecule has 0 spiro atoms. The minimum absolute atomic E-state index is 0.0480. The molecular formula is C32H32IN3O4. The first-order valence-electron chi connectivity index (χ1n) is 13.2. The van der Waals surface area contributed by atoms with Gasteiger partial charge in [-0.3, -0.25) is 9.59 Å². The Kier molecular flexibility index (Phi) is 7.98. The molecule has 1 aromatic heterocycles.